The average Bonchev–Trinajstić information content (AvgIpc) is 2.74. The Kier molecular flexibility index (Phi) is 3.48. The number of carbonyl (C=O) groups excluding carboxylic acids is 1. The molecule has 3 nitrogen and oxygen atoms in total. The van der Waals surface area contributed by atoms with E-state index in [1.807, 2.05) is 35.2 Å². The maximum atomic E-state index is 12.1. The molecule has 92 valence electrons. The van der Waals surface area contributed by atoms with Gasteiger partial charge in [0.15, 0.2) is 0 Å². The molecule has 0 aromatic heterocycles. The quantitative estimate of drug-likeness (QED) is 0.857. The largest absolute Gasteiger partial charge is 0.342 e. The Hall–Kier alpha value is -1.35. The van der Waals surface area contributed by atoms with Gasteiger partial charge in [-0.1, -0.05) is 37.3 Å². The van der Waals surface area contributed by atoms with Gasteiger partial charge < -0.3 is 10.6 Å². The monoisotopic (exact) mass is 232 g/mol. The van der Waals surface area contributed by atoms with Crippen molar-refractivity contribution in [2.75, 3.05) is 19.6 Å². The van der Waals surface area contributed by atoms with E-state index in [4.69, 9.17) is 5.73 Å². The third-order valence-electron chi connectivity index (χ3n) is 3.60. The van der Waals surface area contributed by atoms with E-state index in [1.54, 1.807) is 0 Å². The molecule has 1 unspecified atom stereocenters. The summed E-state index contributed by atoms with van der Waals surface area (Å²) in [5.74, 6) is 0.216. The molecule has 1 heterocycles. The number of benzene rings is 1. The summed E-state index contributed by atoms with van der Waals surface area (Å²) in [4.78, 5) is 14.0. The molecule has 1 aromatic carbocycles. The van der Waals surface area contributed by atoms with Crippen LogP contribution in [-0.2, 0) is 11.2 Å². The summed E-state index contributed by atoms with van der Waals surface area (Å²) in [6.45, 7) is 4.46. The minimum absolute atomic E-state index is 0.117. The van der Waals surface area contributed by atoms with Crippen molar-refractivity contribution in [3.8, 4) is 0 Å². The molecule has 1 atom stereocenters. The van der Waals surface area contributed by atoms with Crippen molar-refractivity contribution in [1.82, 2.24) is 4.90 Å². The first-order chi connectivity index (χ1) is 8.13. The second-order valence-corrected chi connectivity index (χ2v) is 5.24. The van der Waals surface area contributed by atoms with Crippen molar-refractivity contribution in [3.05, 3.63) is 35.9 Å². The topological polar surface area (TPSA) is 46.3 Å². The molecule has 1 amide bonds. The van der Waals surface area contributed by atoms with Gasteiger partial charge in [0.2, 0.25) is 5.91 Å². The first-order valence-electron chi connectivity index (χ1n) is 6.15. The van der Waals surface area contributed by atoms with E-state index in [-0.39, 0.29) is 11.3 Å². The third-order valence-corrected chi connectivity index (χ3v) is 3.60. The van der Waals surface area contributed by atoms with Crippen molar-refractivity contribution in [3.63, 3.8) is 0 Å². The fourth-order valence-corrected chi connectivity index (χ4v) is 2.29. The van der Waals surface area contributed by atoms with E-state index < -0.39 is 0 Å². The van der Waals surface area contributed by atoms with Crippen molar-refractivity contribution in [2.24, 2.45) is 11.1 Å². The first-order valence-corrected chi connectivity index (χ1v) is 6.15. The number of amides is 1. The molecule has 0 spiro atoms. The van der Waals surface area contributed by atoms with E-state index in [9.17, 15) is 4.79 Å². The van der Waals surface area contributed by atoms with Crippen molar-refractivity contribution in [2.45, 2.75) is 19.8 Å². The summed E-state index contributed by atoms with van der Waals surface area (Å²) in [6.07, 6.45) is 1.52. The molecule has 3 heteroatoms. The van der Waals surface area contributed by atoms with E-state index in [2.05, 4.69) is 6.92 Å². The number of hydrogen-bond donors (Lipinski definition) is 1. The normalized spacial score (nSPS) is 24.0. The standard InChI is InChI=1S/C14H20N2O/c1-14(10-15)7-8-16(11-14)13(17)9-12-5-3-2-4-6-12/h2-6H,7-11,15H2,1H3. The Bertz CT molecular complexity index is 390. The SMILES string of the molecule is CC1(CN)CCN(C(=O)Cc2ccccc2)C1. The molecular weight excluding hydrogens is 212 g/mol. The van der Waals surface area contributed by atoms with E-state index >= 15 is 0 Å². The van der Waals surface area contributed by atoms with Crippen molar-refractivity contribution >= 4 is 5.91 Å². The number of rotatable bonds is 3. The van der Waals surface area contributed by atoms with Gasteiger partial charge in [-0.3, -0.25) is 4.79 Å². The molecule has 1 fully saturated rings. The van der Waals surface area contributed by atoms with Crippen LogP contribution in [0.5, 0.6) is 0 Å². The van der Waals surface area contributed by atoms with Gasteiger partial charge in [-0.15, -0.1) is 0 Å². The first kappa shape index (κ1) is 12.1. The van der Waals surface area contributed by atoms with Gasteiger partial charge >= 0.3 is 0 Å². The number of nitrogens with zero attached hydrogens (tertiary/aromatic N) is 1. The summed E-state index contributed by atoms with van der Waals surface area (Å²) >= 11 is 0. The third kappa shape index (κ3) is 2.86. The van der Waals surface area contributed by atoms with Crippen LogP contribution in [0.15, 0.2) is 30.3 Å². The number of nitrogens with two attached hydrogens (primary N) is 1. The van der Waals surface area contributed by atoms with Crippen LogP contribution in [0.2, 0.25) is 0 Å². The zero-order chi connectivity index (χ0) is 12.3. The van der Waals surface area contributed by atoms with Crippen LogP contribution in [0.1, 0.15) is 18.9 Å². The lowest BCUT2D eigenvalue weighted by atomic mass is 9.90. The fourth-order valence-electron chi connectivity index (χ4n) is 2.29. The molecular formula is C14H20N2O. The van der Waals surface area contributed by atoms with Crippen LogP contribution in [0.4, 0.5) is 0 Å². The van der Waals surface area contributed by atoms with Crippen LogP contribution >= 0.6 is 0 Å². The molecule has 0 saturated carbocycles. The van der Waals surface area contributed by atoms with Gasteiger partial charge in [0.05, 0.1) is 6.42 Å². The Morgan fingerprint density at radius 2 is 2.12 bits per heavy atom. The molecule has 2 N–H and O–H groups in total. The minimum Gasteiger partial charge on any atom is -0.342 e. The number of carbonyl (C=O) groups is 1. The summed E-state index contributed by atoms with van der Waals surface area (Å²) in [5.41, 5.74) is 6.94. The number of hydrogen-bond acceptors (Lipinski definition) is 2. The number of likely N-dealkylation sites (tertiary alicyclic amines) is 1. The summed E-state index contributed by atoms with van der Waals surface area (Å²) in [7, 11) is 0. The molecule has 1 aromatic rings. The van der Waals surface area contributed by atoms with Crippen LogP contribution in [0.25, 0.3) is 0 Å². The van der Waals surface area contributed by atoms with Gasteiger partial charge in [0.25, 0.3) is 0 Å². The highest BCUT2D eigenvalue weighted by molar-refractivity contribution is 5.79. The predicted octanol–water partition coefficient (Wildman–Crippen LogP) is 1.43. The molecule has 1 aliphatic heterocycles. The highest BCUT2D eigenvalue weighted by atomic mass is 16.2. The van der Waals surface area contributed by atoms with Crippen LogP contribution < -0.4 is 5.73 Å². The van der Waals surface area contributed by atoms with E-state index in [0.717, 1.165) is 25.1 Å². The van der Waals surface area contributed by atoms with Crippen LogP contribution in [0, 0.1) is 5.41 Å². The zero-order valence-corrected chi connectivity index (χ0v) is 10.4. The maximum absolute atomic E-state index is 12.1. The second-order valence-electron chi connectivity index (χ2n) is 5.24. The molecule has 2 rings (SSSR count). The highest BCUT2D eigenvalue weighted by Gasteiger charge is 2.34. The minimum atomic E-state index is 0.117. The molecule has 0 radical (unpaired) electrons. The summed E-state index contributed by atoms with van der Waals surface area (Å²) in [5, 5.41) is 0. The lowest BCUT2D eigenvalue weighted by Gasteiger charge is -2.22. The smallest absolute Gasteiger partial charge is 0.227 e. The van der Waals surface area contributed by atoms with Crippen molar-refractivity contribution < 1.29 is 4.79 Å². The fraction of sp³-hybridized carbons (Fsp3) is 0.500. The molecule has 1 aliphatic rings. The van der Waals surface area contributed by atoms with Gasteiger partial charge in [-0.05, 0) is 23.9 Å². The van der Waals surface area contributed by atoms with Crippen molar-refractivity contribution in [1.29, 1.82) is 0 Å². The van der Waals surface area contributed by atoms with Crippen LogP contribution in [-0.4, -0.2) is 30.4 Å². The van der Waals surface area contributed by atoms with Gasteiger partial charge in [-0.2, -0.15) is 0 Å². The summed E-state index contributed by atoms with van der Waals surface area (Å²) in [6, 6.07) is 9.90. The molecule has 1 saturated heterocycles. The van der Waals surface area contributed by atoms with Gasteiger partial charge in [0, 0.05) is 13.1 Å². The Labute approximate surface area is 103 Å². The lowest BCUT2D eigenvalue weighted by Crippen LogP contribution is -2.35. The van der Waals surface area contributed by atoms with E-state index in [1.165, 1.54) is 0 Å². The second kappa shape index (κ2) is 4.88. The Balaban J connectivity index is 1.94. The Morgan fingerprint density at radius 3 is 2.71 bits per heavy atom. The predicted molar refractivity (Wildman–Crippen MR) is 68.5 cm³/mol. The van der Waals surface area contributed by atoms with Gasteiger partial charge in [0.1, 0.15) is 0 Å². The van der Waals surface area contributed by atoms with Gasteiger partial charge in [-0.25, -0.2) is 0 Å². The van der Waals surface area contributed by atoms with Crippen LogP contribution in [0.3, 0.4) is 0 Å². The maximum Gasteiger partial charge on any atom is 0.227 e. The Morgan fingerprint density at radius 1 is 1.41 bits per heavy atom. The molecule has 17 heavy (non-hydrogen) atoms. The average molecular weight is 232 g/mol. The molecule has 0 bridgehead atoms. The lowest BCUT2D eigenvalue weighted by molar-refractivity contribution is -0.129. The molecule has 0 aliphatic carbocycles. The highest BCUT2D eigenvalue weighted by Crippen LogP contribution is 2.28. The zero-order valence-electron chi connectivity index (χ0n) is 10.4. The van der Waals surface area contributed by atoms with E-state index in [0.29, 0.717) is 13.0 Å². The summed E-state index contributed by atoms with van der Waals surface area (Å²) < 4.78 is 0.